The number of aromatic nitrogens is 1. The van der Waals surface area contributed by atoms with Crippen molar-refractivity contribution in [2.45, 2.75) is 33.7 Å². The quantitative estimate of drug-likeness (QED) is 0.629. The summed E-state index contributed by atoms with van der Waals surface area (Å²) < 4.78 is 2.11. The zero-order chi connectivity index (χ0) is 7.72. The van der Waals surface area contributed by atoms with Crippen LogP contribution in [0.2, 0.25) is 0 Å². The Kier molecular flexibility index (Phi) is 8.44. The molecule has 0 atom stereocenters. The first-order valence-electron chi connectivity index (χ1n) is 3.61. The molecule has 1 rings (SSSR count). The van der Waals surface area contributed by atoms with Crippen molar-refractivity contribution in [1.82, 2.24) is 4.57 Å². The van der Waals surface area contributed by atoms with E-state index in [0.717, 1.165) is 5.56 Å². The summed E-state index contributed by atoms with van der Waals surface area (Å²) in [4.78, 5) is 0. The second kappa shape index (κ2) is 6.51. The van der Waals surface area contributed by atoms with Crippen LogP contribution >= 0.6 is 0 Å². The molecule has 0 unspecified atom stereocenters. The van der Waals surface area contributed by atoms with Crippen LogP contribution in [0.3, 0.4) is 0 Å². The van der Waals surface area contributed by atoms with Gasteiger partial charge in [0.15, 0.2) is 0 Å². The standard InChI is InChI=1S/C9H13N.W.Y/c1-7(2)10-6-8(3)5-9(10)4;;/h7H,1-4H3;;/q-2;;. The topological polar surface area (TPSA) is 4.93 Å². The van der Waals surface area contributed by atoms with Crippen molar-refractivity contribution in [3.63, 3.8) is 0 Å². The Morgan fingerprint density at radius 3 is 1.92 bits per heavy atom. The average Bonchev–Trinajstić information content (AvgIpc) is 2.10. The summed E-state index contributed by atoms with van der Waals surface area (Å²) >= 11 is 0. The zero-order valence-corrected chi connectivity index (χ0v) is 13.8. The Hall–Kier alpha value is 1.07. The van der Waals surface area contributed by atoms with E-state index in [9.17, 15) is 0 Å². The third-order valence-corrected chi connectivity index (χ3v) is 1.53. The molecule has 0 N–H and O–H groups in total. The maximum atomic E-state index is 3.20. The normalized spacial score (nSPS) is 9.08. The molecular weight excluding hydrogens is 395 g/mol. The number of rotatable bonds is 1. The second-order valence-corrected chi connectivity index (χ2v) is 2.91. The van der Waals surface area contributed by atoms with Crippen LogP contribution in [0.1, 0.15) is 31.1 Å². The van der Waals surface area contributed by atoms with Gasteiger partial charge >= 0.3 is 0 Å². The molecule has 0 aliphatic rings. The van der Waals surface area contributed by atoms with Crippen molar-refractivity contribution >= 4 is 0 Å². The molecule has 12 heavy (non-hydrogen) atoms. The molecule has 0 spiro atoms. The van der Waals surface area contributed by atoms with Crippen molar-refractivity contribution < 1.29 is 53.8 Å². The number of aryl methyl sites for hydroxylation is 2. The van der Waals surface area contributed by atoms with Crippen LogP contribution in [0, 0.1) is 26.1 Å². The predicted octanol–water partition coefficient (Wildman–Crippen LogP) is 2.28. The van der Waals surface area contributed by atoms with Crippen LogP contribution in [-0.2, 0) is 53.8 Å². The van der Waals surface area contributed by atoms with Gasteiger partial charge in [-0.05, 0) is 19.9 Å². The molecule has 0 fully saturated rings. The summed E-state index contributed by atoms with van der Waals surface area (Å²) in [5.74, 6) is 0. The largest absolute Gasteiger partial charge is 0.558 e. The average molecular weight is 408 g/mol. The summed E-state index contributed by atoms with van der Waals surface area (Å²) in [6.45, 7) is 8.38. The van der Waals surface area contributed by atoms with E-state index in [1.807, 2.05) is 6.92 Å². The fraction of sp³-hybridized carbons (Fsp3) is 0.556. The minimum Gasteiger partial charge on any atom is -0.558 e. The Labute approximate surface area is 114 Å². The maximum Gasteiger partial charge on any atom is 0 e. The van der Waals surface area contributed by atoms with Crippen LogP contribution < -0.4 is 0 Å². The van der Waals surface area contributed by atoms with Crippen LogP contribution in [0.15, 0.2) is 0 Å². The maximum absolute atomic E-state index is 3.20. The van der Waals surface area contributed by atoms with Gasteiger partial charge in [-0.15, -0.1) is 6.92 Å². The molecule has 1 radical (unpaired) electrons. The molecule has 65 valence electrons. The zero-order valence-electron chi connectivity index (χ0n) is 8.01. The Bertz CT molecular complexity index is 230. The van der Waals surface area contributed by atoms with Crippen molar-refractivity contribution in [1.29, 1.82) is 0 Å². The fourth-order valence-electron chi connectivity index (χ4n) is 1.14. The summed E-state index contributed by atoms with van der Waals surface area (Å²) in [5.41, 5.74) is 2.28. The third-order valence-electron chi connectivity index (χ3n) is 1.53. The SMILES string of the molecule is Cc1[c-]c(C)n(C(C)C)[c-]1.[W].[Y]. The van der Waals surface area contributed by atoms with E-state index in [2.05, 4.69) is 37.6 Å². The first-order chi connectivity index (χ1) is 4.61. The molecule has 0 aliphatic carbocycles. The van der Waals surface area contributed by atoms with Crippen molar-refractivity contribution in [2.24, 2.45) is 0 Å². The molecule has 1 aromatic rings. The van der Waals surface area contributed by atoms with Gasteiger partial charge < -0.3 is 22.4 Å². The minimum atomic E-state index is 0. The van der Waals surface area contributed by atoms with Gasteiger partial charge in [0.25, 0.3) is 0 Å². The summed E-state index contributed by atoms with van der Waals surface area (Å²) in [5, 5.41) is 0. The molecule has 0 bridgehead atoms. The van der Waals surface area contributed by atoms with Crippen LogP contribution in [-0.4, -0.2) is 4.57 Å². The van der Waals surface area contributed by atoms with Gasteiger partial charge in [-0.3, -0.25) is 0 Å². The molecule has 1 nitrogen and oxygen atoms in total. The second-order valence-electron chi connectivity index (χ2n) is 2.91. The van der Waals surface area contributed by atoms with E-state index in [4.69, 9.17) is 0 Å². The van der Waals surface area contributed by atoms with Crippen LogP contribution in [0.4, 0.5) is 0 Å². The van der Waals surface area contributed by atoms with Crippen molar-refractivity contribution in [3.8, 4) is 0 Å². The molecule has 0 saturated carbocycles. The van der Waals surface area contributed by atoms with Gasteiger partial charge in [0, 0.05) is 53.8 Å². The van der Waals surface area contributed by atoms with E-state index in [1.54, 1.807) is 0 Å². The van der Waals surface area contributed by atoms with E-state index >= 15 is 0 Å². The Morgan fingerprint density at radius 1 is 1.25 bits per heavy atom. The van der Waals surface area contributed by atoms with E-state index in [-0.39, 0.29) is 53.8 Å². The first kappa shape index (κ1) is 15.5. The Balaban J connectivity index is 0. The molecule has 1 heterocycles. The van der Waals surface area contributed by atoms with Crippen LogP contribution in [0.25, 0.3) is 0 Å². The fourth-order valence-corrected chi connectivity index (χ4v) is 1.14. The van der Waals surface area contributed by atoms with E-state index in [0.29, 0.717) is 6.04 Å². The summed E-state index contributed by atoms with van der Waals surface area (Å²) in [7, 11) is 0. The minimum absolute atomic E-state index is 0. The first-order valence-corrected chi connectivity index (χ1v) is 3.61. The summed E-state index contributed by atoms with van der Waals surface area (Å²) in [6, 6.07) is 3.70. The molecular formula is C9H13NWY-2. The molecule has 0 saturated heterocycles. The summed E-state index contributed by atoms with van der Waals surface area (Å²) in [6.07, 6.45) is 3.20. The van der Waals surface area contributed by atoms with Gasteiger partial charge in [-0.25, -0.2) is 5.69 Å². The molecule has 3 heteroatoms. The molecule has 0 aliphatic heterocycles. The van der Waals surface area contributed by atoms with Gasteiger partial charge in [0.1, 0.15) is 0 Å². The third kappa shape index (κ3) is 3.85. The van der Waals surface area contributed by atoms with Crippen LogP contribution in [0.5, 0.6) is 0 Å². The molecule has 0 aromatic carbocycles. The van der Waals surface area contributed by atoms with E-state index in [1.165, 1.54) is 5.69 Å². The number of nitrogens with zero attached hydrogens (tertiary/aromatic N) is 1. The molecule has 1 aromatic heterocycles. The van der Waals surface area contributed by atoms with Gasteiger partial charge in [0.2, 0.25) is 0 Å². The predicted molar refractivity (Wildman–Crippen MR) is 42.0 cm³/mol. The van der Waals surface area contributed by atoms with Crippen molar-refractivity contribution in [3.05, 3.63) is 23.5 Å². The number of hydrogen-bond donors (Lipinski definition) is 0. The van der Waals surface area contributed by atoms with Gasteiger partial charge in [0.05, 0.1) is 0 Å². The smallest absolute Gasteiger partial charge is 0 e. The van der Waals surface area contributed by atoms with Gasteiger partial charge in [-0.2, -0.15) is 0 Å². The van der Waals surface area contributed by atoms with Gasteiger partial charge in [-0.1, -0.05) is 6.92 Å². The Morgan fingerprint density at radius 2 is 1.75 bits per heavy atom. The molecule has 0 amide bonds. The van der Waals surface area contributed by atoms with Crippen molar-refractivity contribution in [2.75, 3.05) is 0 Å². The number of hydrogen-bond acceptors (Lipinski definition) is 0. The monoisotopic (exact) mass is 408 g/mol. The van der Waals surface area contributed by atoms with E-state index < -0.39 is 0 Å².